The number of rotatable bonds is 6. The molecule has 2 heterocycles. The van der Waals surface area contributed by atoms with Crippen LogP contribution in [0.5, 0.6) is 0 Å². The van der Waals surface area contributed by atoms with Gasteiger partial charge in [0, 0.05) is 24.3 Å². The predicted molar refractivity (Wildman–Crippen MR) is 75.9 cm³/mol. The van der Waals surface area contributed by atoms with Crippen LogP contribution in [0.4, 0.5) is 11.6 Å². The van der Waals surface area contributed by atoms with E-state index in [1.807, 2.05) is 19.2 Å². The molecule has 0 aliphatic heterocycles. The average Bonchev–Trinajstić information content (AvgIpc) is 2.89. The SMILES string of the molecule is CCOCc1nc(N)cc(NC(C)c2nccs2)n1. The van der Waals surface area contributed by atoms with E-state index in [0.717, 1.165) is 5.01 Å². The second-order valence-corrected chi connectivity index (χ2v) is 4.89. The molecular weight excluding hydrogens is 262 g/mol. The molecule has 1 atom stereocenters. The number of nitrogens with one attached hydrogen (secondary N) is 1. The lowest BCUT2D eigenvalue weighted by atomic mass is 10.3. The zero-order valence-electron chi connectivity index (χ0n) is 11.0. The van der Waals surface area contributed by atoms with Gasteiger partial charge < -0.3 is 15.8 Å². The minimum absolute atomic E-state index is 0.0780. The van der Waals surface area contributed by atoms with Crippen LogP contribution in [-0.2, 0) is 11.3 Å². The highest BCUT2D eigenvalue weighted by molar-refractivity contribution is 7.09. The molecular formula is C12H17N5OS. The fraction of sp³-hybridized carbons (Fsp3) is 0.417. The van der Waals surface area contributed by atoms with Crippen LogP contribution in [0.25, 0.3) is 0 Å². The van der Waals surface area contributed by atoms with Gasteiger partial charge in [-0.1, -0.05) is 0 Å². The number of nitrogens with two attached hydrogens (primary N) is 1. The topological polar surface area (TPSA) is 86.0 Å². The van der Waals surface area contributed by atoms with Gasteiger partial charge in [0.25, 0.3) is 0 Å². The van der Waals surface area contributed by atoms with Crippen molar-refractivity contribution in [2.45, 2.75) is 26.5 Å². The minimum Gasteiger partial charge on any atom is -0.384 e. The van der Waals surface area contributed by atoms with Gasteiger partial charge in [0.05, 0.1) is 6.04 Å². The Morgan fingerprint density at radius 2 is 2.32 bits per heavy atom. The molecule has 19 heavy (non-hydrogen) atoms. The Bertz CT molecular complexity index is 517. The van der Waals surface area contributed by atoms with E-state index in [1.165, 1.54) is 0 Å². The van der Waals surface area contributed by atoms with E-state index in [0.29, 0.717) is 30.7 Å². The summed E-state index contributed by atoms with van der Waals surface area (Å²) in [6.45, 7) is 4.94. The summed E-state index contributed by atoms with van der Waals surface area (Å²) in [6, 6.07) is 1.79. The summed E-state index contributed by atoms with van der Waals surface area (Å²) in [4.78, 5) is 12.8. The van der Waals surface area contributed by atoms with Crippen molar-refractivity contribution in [3.8, 4) is 0 Å². The summed E-state index contributed by atoms with van der Waals surface area (Å²) < 4.78 is 5.29. The normalized spacial score (nSPS) is 12.3. The number of hydrogen-bond donors (Lipinski definition) is 2. The van der Waals surface area contributed by atoms with Crippen molar-refractivity contribution >= 4 is 23.0 Å². The van der Waals surface area contributed by atoms with E-state index in [9.17, 15) is 0 Å². The third-order valence-corrected chi connectivity index (χ3v) is 3.37. The maximum absolute atomic E-state index is 5.77. The molecule has 1 unspecified atom stereocenters. The molecule has 0 saturated carbocycles. The van der Waals surface area contributed by atoms with Crippen LogP contribution in [0.2, 0.25) is 0 Å². The maximum Gasteiger partial charge on any atom is 0.158 e. The summed E-state index contributed by atoms with van der Waals surface area (Å²) in [5, 5.41) is 6.21. The number of hydrogen-bond acceptors (Lipinski definition) is 7. The summed E-state index contributed by atoms with van der Waals surface area (Å²) in [7, 11) is 0. The summed E-state index contributed by atoms with van der Waals surface area (Å²) in [5.74, 6) is 1.69. The van der Waals surface area contributed by atoms with Gasteiger partial charge in [-0.25, -0.2) is 15.0 Å². The number of thiazole rings is 1. The summed E-state index contributed by atoms with van der Waals surface area (Å²) >= 11 is 1.60. The molecule has 2 rings (SSSR count). The molecule has 0 aromatic carbocycles. The minimum atomic E-state index is 0.0780. The second-order valence-electron chi connectivity index (χ2n) is 3.97. The highest BCUT2D eigenvalue weighted by Crippen LogP contribution is 2.20. The van der Waals surface area contributed by atoms with Gasteiger partial charge in [0.15, 0.2) is 5.82 Å². The van der Waals surface area contributed by atoms with Crippen LogP contribution < -0.4 is 11.1 Å². The molecule has 0 amide bonds. The smallest absolute Gasteiger partial charge is 0.158 e. The van der Waals surface area contributed by atoms with Crippen molar-refractivity contribution in [2.24, 2.45) is 0 Å². The van der Waals surface area contributed by atoms with Crippen LogP contribution >= 0.6 is 11.3 Å². The summed E-state index contributed by atoms with van der Waals surface area (Å²) in [6.07, 6.45) is 1.78. The molecule has 0 fully saturated rings. The van der Waals surface area contributed by atoms with Crippen LogP contribution in [0, 0.1) is 0 Å². The van der Waals surface area contributed by atoms with Gasteiger partial charge in [-0.05, 0) is 13.8 Å². The third kappa shape index (κ3) is 3.87. The third-order valence-electron chi connectivity index (χ3n) is 2.41. The number of aromatic nitrogens is 3. The second kappa shape index (κ2) is 6.44. The lowest BCUT2D eigenvalue weighted by molar-refractivity contribution is 0.128. The molecule has 0 radical (unpaired) electrons. The molecule has 2 aromatic rings. The van der Waals surface area contributed by atoms with Gasteiger partial charge in [0.1, 0.15) is 23.3 Å². The van der Waals surface area contributed by atoms with E-state index >= 15 is 0 Å². The van der Waals surface area contributed by atoms with Gasteiger partial charge in [-0.3, -0.25) is 0 Å². The Morgan fingerprint density at radius 1 is 1.47 bits per heavy atom. The first kappa shape index (κ1) is 13.7. The van der Waals surface area contributed by atoms with Crippen molar-refractivity contribution in [1.29, 1.82) is 0 Å². The molecule has 0 aliphatic rings. The first-order chi connectivity index (χ1) is 9.19. The maximum atomic E-state index is 5.77. The van der Waals surface area contributed by atoms with Crippen LogP contribution in [0.15, 0.2) is 17.6 Å². The predicted octanol–water partition coefficient (Wildman–Crippen LogP) is 2.22. The van der Waals surface area contributed by atoms with E-state index in [2.05, 4.69) is 20.3 Å². The van der Waals surface area contributed by atoms with E-state index in [-0.39, 0.29) is 6.04 Å². The Morgan fingerprint density at radius 3 is 3.00 bits per heavy atom. The van der Waals surface area contributed by atoms with Gasteiger partial charge in [0.2, 0.25) is 0 Å². The van der Waals surface area contributed by atoms with Crippen LogP contribution in [-0.4, -0.2) is 21.6 Å². The molecule has 0 saturated heterocycles. The standard InChI is InChI=1S/C12H17N5OS/c1-3-18-7-11-16-9(13)6-10(17-11)15-8(2)12-14-4-5-19-12/h4-6,8H,3,7H2,1-2H3,(H3,13,15,16,17). The van der Waals surface area contributed by atoms with Gasteiger partial charge >= 0.3 is 0 Å². The lowest BCUT2D eigenvalue weighted by Gasteiger charge is -2.13. The zero-order chi connectivity index (χ0) is 13.7. The molecule has 0 spiro atoms. The molecule has 6 nitrogen and oxygen atoms in total. The van der Waals surface area contributed by atoms with Gasteiger partial charge in [-0.15, -0.1) is 11.3 Å². The van der Waals surface area contributed by atoms with Crippen molar-refractivity contribution in [1.82, 2.24) is 15.0 Å². The molecule has 0 bridgehead atoms. The monoisotopic (exact) mass is 279 g/mol. The molecule has 7 heteroatoms. The quantitative estimate of drug-likeness (QED) is 0.843. The number of nitrogen functional groups attached to an aromatic ring is 1. The molecule has 0 aliphatic carbocycles. The average molecular weight is 279 g/mol. The van der Waals surface area contributed by atoms with E-state index in [1.54, 1.807) is 23.6 Å². The lowest BCUT2D eigenvalue weighted by Crippen LogP contribution is -2.11. The fourth-order valence-electron chi connectivity index (χ4n) is 1.58. The first-order valence-electron chi connectivity index (χ1n) is 6.06. The Hall–Kier alpha value is -1.73. The van der Waals surface area contributed by atoms with E-state index in [4.69, 9.17) is 10.5 Å². The van der Waals surface area contributed by atoms with Crippen LogP contribution in [0.3, 0.4) is 0 Å². The number of ether oxygens (including phenoxy) is 1. The first-order valence-corrected chi connectivity index (χ1v) is 6.94. The molecule has 102 valence electrons. The Kier molecular flexibility index (Phi) is 4.64. The Labute approximate surface area is 116 Å². The van der Waals surface area contributed by atoms with Crippen molar-refractivity contribution in [3.05, 3.63) is 28.5 Å². The molecule has 2 aromatic heterocycles. The Balaban J connectivity index is 2.09. The van der Waals surface area contributed by atoms with Crippen molar-refractivity contribution < 1.29 is 4.74 Å². The fourth-order valence-corrected chi connectivity index (χ4v) is 2.23. The van der Waals surface area contributed by atoms with Crippen LogP contribution in [0.1, 0.15) is 30.7 Å². The van der Waals surface area contributed by atoms with Crippen molar-refractivity contribution in [2.75, 3.05) is 17.7 Å². The highest BCUT2D eigenvalue weighted by Gasteiger charge is 2.10. The zero-order valence-corrected chi connectivity index (χ0v) is 11.8. The number of nitrogens with zero attached hydrogens (tertiary/aromatic N) is 3. The summed E-state index contributed by atoms with van der Waals surface area (Å²) in [5.41, 5.74) is 5.77. The van der Waals surface area contributed by atoms with E-state index < -0.39 is 0 Å². The van der Waals surface area contributed by atoms with Crippen molar-refractivity contribution in [3.63, 3.8) is 0 Å². The molecule has 3 N–H and O–H groups in total. The highest BCUT2D eigenvalue weighted by atomic mass is 32.1. The largest absolute Gasteiger partial charge is 0.384 e. The number of anilines is 2. The van der Waals surface area contributed by atoms with Gasteiger partial charge in [-0.2, -0.15) is 0 Å².